The number of aromatic amines is 1. The molecular formula is C10H11F3N2O2. The van der Waals surface area contributed by atoms with E-state index < -0.39 is 23.3 Å². The maximum atomic E-state index is 12.7. The van der Waals surface area contributed by atoms with Crippen LogP contribution in [0.25, 0.3) is 0 Å². The highest BCUT2D eigenvalue weighted by Crippen LogP contribution is 2.45. The zero-order valence-electron chi connectivity index (χ0n) is 8.84. The fraction of sp³-hybridized carbons (Fsp3) is 0.600. The lowest BCUT2D eigenvalue weighted by Gasteiger charge is -2.24. The van der Waals surface area contributed by atoms with Crippen LogP contribution in [0.4, 0.5) is 13.2 Å². The van der Waals surface area contributed by atoms with Crippen molar-refractivity contribution < 1.29 is 23.1 Å². The molecule has 0 atom stereocenters. The van der Waals surface area contributed by atoms with Crippen LogP contribution in [-0.2, 0) is 16.4 Å². The molecule has 1 fully saturated rings. The second-order valence-corrected chi connectivity index (χ2v) is 4.25. The number of nitrogens with one attached hydrogen (secondary N) is 1. The summed E-state index contributed by atoms with van der Waals surface area (Å²) >= 11 is 0. The standard InChI is InChI=1S/C10H11F3N2O2/c11-10(12,13)7-6(5-14-15-7)9(8(16)17)3-1-2-4-9/h5H,1-4H2,(H,14,15)(H,16,17). The Balaban J connectivity index is 2.52. The quantitative estimate of drug-likeness (QED) is 0.844. The number of aliphatic carboxylic acids is 1. The highest BCUT2D eigenvalue weighted by Gasteiger charge is 2.49. The molecule has 0 aliphatic heterocycles. The van der Waals surface area contributed by atoms with E-state index in [0.29, 0.717) is 12.8 Å². The molecule has 94 valence electrons. The monoisotopic (exact) mass is 248 g/mol. The van der Waals surface area contributed by atoms with E-state index in [1.165, 1.54) is 0 Å². The van der Waals surface area contributed by atoms with Crippen molar-refractivity contribution >= 4 is 5.97 Å². The summed E-state index contributed by atoms with van der Waals surface area (Å²) < 4.78 is 38.1. The van der Waals surface area contributed by atoms with Gasteiger partial charge in [0.15, 0.2) is 0 Å². The zero-order valence-corrected chi connectivity index (χ0v) is 8.84. The molecular weight excluding hydrogens is 237 g/mol. The molecule has 1 heterocycles. The van der Waals surface area contributed by atoms with Crippen molar-refractivity contribution in [3.63, 3.8) is 0 Å². The fourth-order valence-electron chi connectivity index (χ4n) is 2.44. The average molecular weight is 248 g/mol. The van der Waals surface area contributed by atoms with Crippen molar-refractivity contribution in [1.29, 1.82) is 0 Å². The number of carboxylic acids is 1. The van der Waals surface area contributed by atoms with E-state index in [1.807, 2.05) is 5.10 Å². The highest BCUT2D eigenvalue weighted by molar-refractivity contribution is 5.82. The Bertz CT molecular complexity index is 433. The molecule has 2 rings (SSSR count). The second-order valence-electron chi connectivity index (χ2n) is 4.25. The van der Waals surface area contributed by atoms with Gasteiger partial charge in [0.1, 0.15) is 5.69 Å². The molecule has 2 N–H and O–H groups in total. The predicted molar refractivity (Wildman–Crippen MR) is 51.4 cm³/mol. The number of rotatable bonds is 2. The predicted octanol–water partition coefficient (Wildman–Crippen LogP) is 2.32. The SMILES string of the molecule is O=C(O)C1(c2cn[nH]c2C(F)(F)F)CCCC1. The summed E-state index contributed by atoms with van der Waals surface area (Å²) in [7, 11) is 0. The molecule has 0 radical (unpaired) electrons. The van der Waals surface area contributed by atoms with Crippen LogP contribution in [0.15, 0.2) is 6.20 Å². The smallest absolute Gasteiger partial charge is 0.433 e. The summed E-state index contributed by atoms with van der Waals surface area (Å²) in [6.07, 6.45) is -1.92. The average Bonchev–Trinajstić information content (AvgIpc) is 2.86. The minimum Gasteiger partial charge on any atom is -0.481 e. The number of H-pyrrole nitrogens is 1. The molecule has 0 amide bonds. The van der Waals surface area contributed by atoms with E-state index >= 15 is 0 Å². The zero-order chi connectivity index (χ0) is 12.7. The van der Waals surface area contributed by atoms with Crippen molar-refractivity contribution in [2.24, 2.45) is 0 Å². The maximum Gasteiger partial charge on any atom is 0.433 e. The molecule has 1 aliphatic carbocycles. The van der Waals surface area contributed by atoms with E-state index in [2.05, 4.69) is 5.10 Å². The molecule has 0 saturated heterocycles. The van der Waals surface area contributed by atoms with E-state index in [9.17, 15) is 23.1 Å². The topological polar surface area (TPSA) is 66.0 Å². The van der Waals surface area contributed by atoms with Gasteiger partial charge < -0.3 is 5.11 Å². The second kappa shape index (κ2) is 3.75. The van der Waals surface area contributed by atoms with Gasteiger partial charge in [0.25, 0.3) is 0 Å². The Morgan fingerprint density at radius 1 is 1.41 bits per heavy atom. The number of aromatic nitrogens is 2. The number of halogens is 3. The van der Waals surface area contributed by atoms with Crippen molar-refractivity contribution in [1.82, 2.24) is 10.2 Å². The van der Waals surface area contributed by atoms with Gasteiger partial charge in [-0.05, 0) is 12.8 Å². The highest BCUT2D eigenvalue weighted by atomic mass is 19.4. The van der Waals surface area contributed by atoms with Crippen molar-refractivity contribution in [3.8, 4) is 0 Å². The molecule has 1 saturated carbocycles. The lowest BCUT2D eigenvalue weighted by Crippen LogP contribution is -2.34. The number of alkyl halides is 3. The minimum atomic E-state index is -4.60. The van der Waals surface area contributed by atoms with Gasteiger partial charge in [0.2, 0.25) is 0 Å². The van der Waals surface area contributed by atoms with Crippen LogP contribution in [0, 0.1) is 0 Å². The van der Waals surface area contributed by atoms with Crippen LogP contribution in [0.5, 0.6) is 0 Å². The van der Waals surface area contributed by atoms with E-state index in [4.69, 9.17) is 0 Å². The third-order valence-corrected chi connectivity index (χ3v) is 3.30. The van der Waals surface area contributed by atoms with Gasteiger partial charge in [-0.2, -0.15) is 18.3 Å². The molecule has 0 aromatic carbocycles. The lowest BCUT2D eigenvalue weighted by atomic mass is 9.79. The molecule has 7 heteroatoms. The molecule has 0 bridgehead atoms. The Morgan fingerprint density at radius 3 is 2.47 bits per heavy atom. The van der Waals surface area contributed by atoms with Crippen molar-refractivity contribution in [3.05, 3.63) is 17.5 Å². The van der Waals surface area contributed by atoms with E-state index in [1.54, 1.807) is 0 Å². The number of carboxylic acid groups (broad SMARTS) is 1. The van der Waals surface area contributed by atoms with Crippen LogP contribution in [0.1, 0.15) is 36.9 Å². The third-order valence-electron chi connectivity index (χ3n) is 3.30. The van der Waals surface area contributed by atoms with Crippen LogP contribution >= 0.6 is 0 Å². The van der Waals surface area contributed by atoms with Gasteiger partial charge >= 0.3 is 12.1 Å². The molecule has 0 spiro atoms. The van der Waals surface area contributed by atoms with Crippen LogP contribution < -0.4 is 0 Å². The minimum absolute atomic E-state index is 0.227. The maximum absolute atomic E-state index is 12.7. The lowest BCUT2D eigenvalue weighted by molar-refractivity contribution is -0.147. The summed E-state index contributed by atoms with van der Waals surface area (Å²) in [5, 5.41) is 14.4. The molecule has 4 nitrogen and oxygen atoms in total. The van der Waals surface area contributed by atoms with E-state index in [-0.39, 0.29) is 18.4 Å². The van der Waals surface area contributed by atoms with Gasteiger partial charge in [-0.3, -0.25) is 9.89 Å². The van der Waals surface area contributed by atoms with Gasteiger partial charge in [-0.15, -0.1) is 0 Å². The number of hydrogen-bond donors (Lipinski definition) is 2. The van der Waals surface area contributed by atoms with Crippen LogP contribution in [0.3, 0.4) is 0 Å². The first kappa shape index (κ1) is 11.9. The summed E-state index contributed by atoms with van der Waals surface area (Å²) in [4.78, 5) is 11.3. The van der Waals surface area contributed by atoms with Gasteiger partial charge in [-0.1, -0.05) is 12.8 Å². The summed E-state index contributed by atoms with van der Waals surface area (Å²) in [5.41, 5.74) is -2.71. The van der Waals surface area contributed by atoms with Gasteiger partial charge in [-0.25, -0.2) is 0 Å². The van der Waals surface area contributed by atoms with E-state index in [0.717, 1.165) is 6.20 Å². The Labute approximate surface area is 94.8 Å². The number of nitrogens with zero attached hydrogens (tertiary/aromatic N) is 1. The van der Waals surface area contributed by atoms with Gasteiger partial charge in [0, 0.05) is 5.56 Å². The summed E-state index contributed by atoms with van der Waals surface area (Å²) in [6, 6.07) is 0. The van der Waals surface area contributed by atoms with Crippen molar-refractivity contribution in [2.75, 3.05) is 0 Å². The molecule has 17 heavy (non-hydrogen) atoms. The normalized spacial score (nSPS) is 19.5. The molecule has 1 aliphatic rings. The first-order valence-corrected chi connectivity index (χ1v) is 5.22. The van der Waals surface area contributed by atoms with Crippen LogP contribution in [-0.4, -0.2) is 21.3 Å². The summed E-state index contributed by atoms with van der Waals surface area (Å²) in [6.45, 7) is 0. The molecule has 1 aromatic heterocycles. The summed E-state index contributed by atoms with van der Waals surface area (Å²) in [5.74, 6) is -1.21. The third kappa shape index (κ3) is 1.79. The largest absolute Gasteiger partial charge is 0.481 e. The fourth-order valence-corrected chi connectivity index (χ4v) is 2.44. The Morgan fingerprint density at radius 2 is 2.00 bits per heavy atom. The number of hydrogen-bond acceptors (Lipinski definition) is 2. The Hall–Kier alpha value is -1.53. The first-order chi connectivity index (χ1) is 7.88. The Kier molecular flexibility index (Phi) is 2.63. The molecule has 0 unspecified atom stereocenters. The molecule has 1 aromatic rings. The number of carbonyl (C=O) groups is 1. The van der Waals surface area contributed by atoms with Crippen molar-refractivity contribution in [2.45, 2.75) is 37.3 Å². The van der Waals surface area contributed by atoms with Crippen LogP contribution in [0.2, 0.25) is 0 Å². The first-order valence-electron chi connectivity index (χ1n) is 5.22. The van der Waals surface area contributed by atoms with Gasteiger partial charge in [0.05, 0.1) is 11.6 Å².